The molecule has 0 radical (unpaired) electrons. The Bertz CT molecular complexity index is 601. The van der Waals surface area contributed by atoms with Gasteiger partial charge in [0.05, 0.1) is 17.9 Å². The van der Waals surface area contributed by atoms with Crippen LogP contribution in [0.3, 0.4) is 0 Å². The number of hydrogen-bond acceptors (Lipinski definition) is 3. The third kappa shape index (κ3) is 1.99. The minimum absolute atomic E-state index is 0.263. The van der Waals surface area contributed by atoms with E-state index in [0.29, 0.717) is 0 Å². The first-order valence-electron chi connectivity index (χ1n) is 7.22. The van der Waals surface area contributed by atoms with Gasteiger partial charge < -0.3 is 15.0 Å². The average molecular weight is 266 g/mol. The molecule has 102 valence electrons. The van der Waals surface area contributed by atoms with E-state index in [4.69, 9.17) is 4.74 Å². The molecule has 0 saturated carbocycles. The summed E-state index contributed by atoms with van der Waals surface area (Å²) in [5, 5.41) is 3.45. The van der Waals surface area contributed by atoms with Gasteiger partial charge in [-0.05, 0) is 23.8 Å². The lowest BCUT2D eigenvalue weighted by atomic mass is 10.1. The molecule has 2 aromatic carbocycles. The number of para-hydroxylation sites is 3. The van der Waals surface area contributed by atoms with E-state index in [1.54, 1.807) is 0 Å². The van der Waals surface area contributed by atoms with Crippen LogP contribution in [0.5, 0.6) is 5.75 Å². The standard InChI is InChI=1S/C17H18N2O/c1-4-8-17-13(5-1)11-14(20-17)12-19-10-9-18-15-6-2-3-7-16(15)19/h1-8,14,18H,9-12H2. The molecule has 0 aromatic heterocycles. The number of nitrogens with zero attached hydrogens (tertiary/aromatic N) is 1. The number of nitrogens with one attached hydrogen (secondary N) is 1. The van der Waals surface area contributed by atoms with E-state index in [0.717, 1.165) is 31.8 Å². The van der Waals surface area contributed by atoms with Crippen LogP contribution in [0, 0.1) is 0 Å². The van der Waals surface area contributed by atoms with Gasteiger partial charge in [-0.2, -0.15) is 0 Å². The Morgan fingerprint density at radius 3 is 2.90 bits per heavy atom. The molecule has 0 amide bonds. The van der Waals surface area contributed by atoms with E-state index in [1.807, 2.05) is 6.07 Å². The largest absolute Gasteiger partial charge is 0.488 e. The van der Waals surface area contributed by atoms with Crippen LogP contribution in [-0.4, -0.2) is 25.7 Å². The molecule has 2 aliphatic rings. The third-order valence-electron chi connectivity index (χ3n) is 4.08. The lowest BCUT2D eigenvalue weighted by Crippen LogP contribution is -2.40. The number of ether oxygens (including phenoxy) is 1. The van der Waals surface area contributed by atoms with Crippen LogP contribution in [0.1, 0.15) is 5.56 Å². The van der Waals surface area contributed by atoms with E-state index < -0.39 is 0 Å². The summed E-state index contributed by atoms with van der Waals surface area (Å²) >= 11 is 0. The summed E-state index contributed by atoms with van der Waals surface area (Å²) in [7, 11) is 0. The Kier molecular flexibility index (Phi) is 2.76. The first-order valence-corrected chi connectivity index (χ1v) is 7.22. The zero-order chi connectivity index (χ0) is 13.4. The number of fused-ring (bicyclic) bond motifs is 2. The van der Waals surface area contributed by atoms with Crippen molar-refractivity contribution in [1.29, 1.82) is 0 Å². The van der Waals surface area contributed by atoms with Gasteiger partial charge in [-0.15, -0.1) is 0 Å². The van der Waals surface area contributed by atoms with Crippen molar-refractivity contribution in [3.63, 3.8) is 0 Å². The van der Waals surface area contributed by atoms with Gasteiger partial charge in [0.2, 0.25) is 0 Å². The van der Waals surface area contributed by atoms with E-state index in [2.05, 4.69) is 52.7 Å². The number of hydrogen-bond donors (Lipinski definition) is 1. The summed E-state index contributed by atoms with van der Waals surface area (Å²) < 4.78 is 6.06. The first kappa shape index (κ1) is 11.6. The van der Waals surface area contributed by atoms with Crippen LogP contribution in [0.25, 0.3) is 0 Å². The van der Waals surface area contributed by atoms with Crippen LogP contribution >= 0.6 is 0 Å². The Labute approximate surface area is 119 Å². The Hall–Kier alpha value is -2.16. The molecule has 0 bridgehead atoms. The van der Waals surface area contributed by atoms with Crippen LogP contribution < -0.4 is 15.0 Å². The Balaban J connectivity index is 1.52. The van der Waals surface area contributed by atoms with Gasteiger partial charge >= 0.3 is 0 Å². The summed E-state index contributed by atoms with van der Waals surface area (Å²) in [6, 6.07) is 16.9. The maximum absolute atomic E-state index is 6.06. The van der Waals surface area contributed by atoms with Crippen molar-refractivity contribution in [3.05, 3.63) is 54.1 Å². The monoisotopic (exact) mass is 266 g/mol. The van der Waals surface area contributed by atoms with Gasteiger partial charge in [0.15, 0.2) is 0 Å². The van der Waals surface area contributed by atoms with Gasteiger partial charge in [0.1, 0.15) is 11.9 Å². The second-order valence-corrected chi connectivity index (χ2v) is 5.44. The topological polar surface area (TPSA) is 24.5 Å². The van der Waals surface area contributed by atoms with Crippen molar-refractivity contribution in [2.45, 2.75) is 12.5 Å². The molecular weight excluding hydrogens is 248 g/mol. The average Bonchev–Trinajstić information content (AvgIpc) is 2.90. The summed E-state index contributed by atoms with van der Waals surface area (Å²) in [6.07, 6.45) is 1.28. The quantitative estimate of drug-likeness (QED) is 0.904. The highest BCUT2D eigenvalue weighted by Crippen LogP contribution is 2.32. The third-order valence-corrected chi connectivity index (χ3v) is 4.08. The van der Waals surface area contributed by atoms with Gasteiger partial charge in [-0.3, -0.25) is 0 Å². The van der Waals surface area contributed by atoms with Crippen molar-refractivity contribution in [1.82, 2.24) is 0 Å². The van der Waals surface area contributed by atoms with Gasteiger partial charge in [0.25, 0.3) is 0 Å². The Morgan fingerprint density at radius 1 is 1.10 bits per heavy atom. The fourth-order valence-corrected chi connectivity index (χ4v) is 3.14. The van der Waals surface area contributed by atoms with Gasteiger partial charge in [-0.1, -0.05) is 30.3 Å². The van der Waals surface area contributed by atoms with Crippen molar-refractivity contribution in [2.75, 3.05) is 29.9 Å². The minimum Gasteiger partial charge on any atom is -0.488 e. The van der Waals surface area contributed by atoms with Crippen molar-refractivity contribution < 1.29 is 4.74 Å². The maximum Gasteiger partial charge on any atom is 0.123 e. The van der Waals surface area contributed by atoms with E-state index in [9.17, 15) is 0 Å². The summed E-state index contributed by atoms with van der Waals surface area (Å²) in [5.74, 6) is 1.06. The molecule has 4 rings (SSSR count). The lowest BCUT2D eigenvalue weighted by Gasteiger charge is -2.33. The molecule has 2 heterocycles. The molecule has 0 aliphatic carbocycles. The van der Waals surface area contributed by atoms with E-state index in [1.165, 1.54) is 16.9 Å². The summed E-state index contributed by atoms with van der Waals surface area (Å²) in [4.78, 5) is 2.43. The molecule has 2 aliphatic heterocycles. The molecule has 1 N–H and O–H groups in total. The summed E-state index contributed by atoms with van der Waals surface area (Å²) in [6.45, 7) is 2.98. The van der Waals surface area contributed by atoms with Gasteiger partial charge in [-0.25, -0.2) is 0 Å². The molecule has 2 aromatic rings. The molecule has 1 atom stereocenters. The highest BCUT2D eigenvalue weighted by molar-refractivity contribution is 5.72. The molecule has 0 spiro atoms. The molecule has 0 saturated heterocycles. The first-order chi connectivity index (χ1) is 9.90. The predicted octanol–water partition coefficient (Wildman–Crippen LogP) is 2.92. The van der Waals surface area contributed by atoms with Gasteiger partial charge in [0, 0.05) is 19.5 Å². The highest BCUT2D eigenvalue weighted by Gasteiger charge is 2.26. The molecular formula is C17H18N2O. The Morgan fingerprint density at radius 2 is 1.95 bits per heavy atom. The molecule has 3 heteroatoms. The second kappa shape index (κ2) is 4.75. The molecule has 0 fully saturated rings. The zero-order valence-electron chi connectivity index (χ0n) is 11.4. The second-order valence-electron chi connectivity index (χ2n) is 5.44. The van der Waals surface area contributed by atoms with Crippen LogP contribution in [0.2, 0.25) is 0 Å². The minimum atomic E-state index is 0.263. The van der Waals surface area contributed by atoms with E-state index >= 15 is 0 Å². The molecule has 20 heavy (non-hydrogen) atoms. The highest BCUT2D eigenvalue weighted by atomic mass is 16.5. The number of anilines is 2. The number of rotatable bonds is 2. The molecule has 3 nitrogen and oxygen atoms in total. The van der Waals surface area contributed by atoms with Crippen molar-refractivity contribution in [2.24, 2.45) is 0 Å². The van der Waals surface area contributed by atoms with Crippen LogP contribution in [0.4, 0.5) is 11.4 Å². The fraction of sp³-hybridized carbons (Fsp3) is 0.294. The predicted molar refractivity (Wildman–Crippen MR) is 81.7 cm³/mol. The van der Waals surface area contributed by atoms with Crippen molar-refractivity contribution in [3.8, 4) is 5.75 Å². The van der Waals surface area contributed by atoms with E-state index in [-0.39, 0.29) is 6.10 Å². The zero-order valence-corrected chi connectivity index (χ0v) is 11.4. The fourth-order valence-electron chi connectivity index (χ4n) is 3.14. The van der Waals surface area contributed by atoms with Crippen LogP contribution in [0.15, 0.2) is 48.5 Å². The van der Waals surface area contributed by atoms with Crippen molar-refractivity contribution >= 4 is 11.4 Å². The normalized spacial score (nSPS) is 19.8. The smallest absolute Gasteiger partial charge is 0.123 e. The molecule has 1 unspecified atom stereocenters. The number of benzene rings is 2. The van der Waals surface area contributed by atoms with Crippen LogP contribution in [-0.2, 0) is 6.42 Å². The lowest BCUT2D eigenvalue weighted by molar-refractivity contribution is 0.237. The maximum atomic E-state index is 6.06. The SMILES string of the molecule is c1ccc2c(c1)CC(CN1CCNc3ccccc31)O2. The summed E-state index contributed by atoms with van der Waals surface area (Å²) in [5.41, 5.74) is 3.86.